The second-order valence-electron chi connectivity index (χ2n) is 5.32. The second kappa shape index (κ2) is 4.94. The normalized spacial score (nSPS) is 24.7. The van der Waals surface area contributed by atoms with Crippen LogP contribution in [-0.4, -0.2) is 56.0 Å². The Kier molecular flexibility index (Phi) is 4.19. The molecule has 0 bridgehead atoms. The molecule has 17 heavy (non-hydrogen) atoms. The topological polar surface area (TPSA) is 63.7 Å². The van der Waals surface area contributed by atoms with E-state index in [-0.39, 0.29) is 29.7 Å². The summed E-state index contributed by atoms with van der Waals surface area (Å²) >= 11 is 0. The van der Waals surface area contributed by atoms with Crippen LogP contribution in [0.2, 0.25) is 0 Å². The number of hydrogen-bond donors (Lipinski definition) is 0. The fourth-order valence-electron chi connectivity index (χ4n) is 1.83. The van der Waals surface area contributed by atoms with Crippen LogP contribution in [0.15, 0.2) is 0 Å². The minimum absolute atomic E-state index is 0.00482. The van der Waals surface area contributed by atoms with Gasteiger partial charge in [-0.15, -0.1) is 0 Å². The van der Waals surface area contributed by atoms with Crippen molar-refractivity contribution in [3.8, 4) is 0 Å². The number of carbonyl (C=O) groups excluding carboxylic acids is 1. The van der Waals surface area contributed by atoms with Gasteiger partial charge in [-0.1, -0.05) is 0 Å². The van der Waals surface area contributed by atoms with Crippen molar-refractivity contribution in [2.75, 3.05) is 25.2 Å². The Hall–Kier alpha value is -0.620. The predicted molar refractivity (Wildman–Crippen MR) is 65.5 cm³/mol. The van der Waals surface area contributed by atoms with Crippen LogP contribution < -0.4 is 0 Å². The number of carbonyl (C=O) groups is 1. The summed E-state index contributed by atoms with van der Waals surface area (Å²) in [6.07, 6.45) is 1.20. The summed E-state index contributed by atoms with van der Waals surface area (Å²) in [6, 6.07) is 0. The standard InChI is InChI=1S/C11H21NO4S/c1-9-7-12(11(2,3)8-16-9)10(13)5-6-17(4,14)15/h9H,5-8H2,1-4H3. The molecule has 100 valence electrons. The SMILES string of the molecule is CC1CN(C(=O)CCS(C)(=O)=O)C(C)(C)CO1. The van der Waals surface area contributed by atoms with Gasteiger partial charge >= 0.3 is 0 Å². The van der Waals surface area contributed by atoms with E-state index in [1.54, 1.807) is 4.90 Å². The summed E-state index contributed by atoms with van der Waals surface area (Å²) in [6.45, 7) is 6.77. The maximum absolute atomic E-state index is 12.0. The zero-order chi connectivity index (χ0) is 13.3. The van der Waals surface area contributed by atoms with Crippen molar-refractivity contribution in [2.24, 2.45) is 0 Å². The maximum Gasteiger partial charge on any atom is 0.224 e. The molecule has 0 aromatic carbocycles. The zero-order valence-electron chi connectivity index (χ0n) is 10.9. The first-order valence-corrected chi connectivity index (χ1v) is 7.78. The average molecular weight is 263 g/mol. The first-order valence-electron chi connectivity index (χ1n) is 5.71. The van der Waals surface area contributed by atoms with Crippen LogP contribution in [0.3, 0.4) is 0 Å². The van der Waals surface area contributed by atoms with E-state index in [9.17, 15) is 13.2 Å². The molecular weight excluding hydrogens is 242 g/mol. The van der Waals surface area contributed by atoms with Crippen LogP contribution in [0.1, 0.15) is 27.2 Å². The molecule has 0 spiro atoms. The lowest BCUT2D eigenvalue weighted by atomic mass is 10.0. The minimum Gasteiger partial charge on any atom is -0.374 e. The van der Waals surface area contributed by atoms with Crippen molar-refractivity contribution < 1.29 is 17.9 Å². The van der Waals surface area contributed by atoms with E-state index >= 15 is 0 Å². The van der Waals surface area contributed by atoms with Crippen molar-refractivity contribution in [2.45, 2.75) is 38.8 Å². The van der Waals surface area contributed by atoms with E-state index in [0.717, 1.165) is 6.26 Å². The molecule has 0 N–H and O–H groups in total. The highest BCUT2D eigenvalue weighted by Crippen LogP contribution is 2.22. The highest BCUT2D eigenvalue weighted by atomic mass is 32.2. The zero-order valence-corrected chi connectivity index (χ0v) is 11.7. The molecular formula is C11H21NO4S. The number of morpholine rings is 1. The van der Waals surface area contributed by atoms with Crippen LogP contribution >= 0.6 is 0 Å². The minimum atomic E-state index is -3.09. The van der Waals surface area contributed by atoms with Crippen LogP contribution in [0.4, 0.5) is 0 Å². The first-order chi connectivity index (χ1) is 7.62. The summed E-state index contributed by atoms with van der Waals surface area (Å²) in [4.78, 5) is 13.7. The Bertz CT molecular complexity index is 388. The van der Waals surface area contributed by atoms with Crippen LogP contribution in [0.5, 0.6) is 0 Å². The van der Waals surface area contributed by atoms with Gasteiger partial charge in [-0.2, -0.15) is 0 Å². The molecule has 1 rings (SSSR count). The molecule has 1 unspecified atom stereocenters. The van der Waals surface area contributed by atoms with E-state index in [1.807, 2.05) is 20.8 Å². The summed E-state index contributed by atoms with van der Waals surface area (Å²) in [5.41, 5.74) is -0.360. The van der Waals surface area contributed by atoms with Gasteiger partial charge in [0.05, 0.1) is 24.0 Å². The predicted octanol–water partition coefficient (Wildman–Crippen LogP) is 0.447. The van der Waals surface area contributed by atoms with Crippen molar-refractivity contribution in [3.05, 3.63) is 0 Å². The van der Waals surface area contributed by atoms with Crippen molar-refractivity contribution in [1.29, 1.82) is 0 Å². The molecule has 1 aliphatic rings. The van der Waals surface area contributed by atoms with Crippen LogP contribution in [0.25, 0.3) is 0 Å². The van der Waals surface area contributed by atoms with Crippen molar-refractivity contribution >= 4 is 15.7 Å². The van der Waals surface area contributed by atoms with E-state index in [1.165, 1.54) is 0 Å². The molecule has 1 atom stereocenters. The van der Waals surface area contributed by atoms with Gasteiger partial charge in [0, 0.05) is 19.2 Å². The van der Waals surface area contributed by atoms with Gasteiger partial charge in [-0.25, -0.2) is 8.42 Å². The third kappa shape index (κ3) is 4.27. The molecule has 6 heteroatoms. The fourth-order valence-corrected chi connectivity index (χ4v) is 2.37. The van der Waals surface area contributed by atoms with E-state index < -0.39 is 9.84 Å². The third-order valence-electron chi connectivity index (χ3n) is 2.88. The maximum atomic E-state index is 12.0. The van der Waals surface area contributed by atoms with Gasteiger partial charge in [-0.05, 0) is 20.8 Å². The van der Waals surface area contributed by atoms with E-state index in [0.29, 0.717) is 13.2 Å². The average Bonchev–Trinajstić information content (AvgIpc) is 2.17. The van der Waals surface area contributed by atoms with Crippen LogP contribution in [-0.2, 0) is 19.4 Å². The highest BCUT2D eigenvalue weighted by Gasteiger charge is 2.36. The molecule has 0 aromatic heterocycles. The molecule has 0 aromatic rings. The van der Waals surface area contributed by atoms with E-state index in [4.69, 9.17) is 4.74 Å². The van der Waals surface area contributed by atoms with Crippen molar-refractivity contribution in [1.82, 2.24) is 4.90 Å². The van der Waals surface area contributed by atoms with Gasteiger partial charge in [0.25, 0.3) is 0 Å². The molecule has 5 nitrogen and oxygen atoms in total. The summed E-state index contributed by atoms with van der Waals surface area (Å²) in [7, 11) is -3.09. The number of nitrogens with zero attached hydrogens (tertiary/aromatic N) is 1. The lowest BCUT2D eigenvalue weighted by molar-refractivity contribution is -0.152. The number of amides is 1. The van der Waals surface area contributed by atoms with E-state index in [2.05, 4.69) is 0 Å². The lowest BCUT2D eigenvalue weighted by Gasteiger charge is -2.44. The molecule has 0 radical (unpaired) electrons. The van der Waals surface area contributed by atoms with Crippen molar-refractivity contribution in [3.63, 3.8) is 0 Å². The van der Waals surface area contributed by atoms with Gasteiger partial charge in [0.2, 0.25) is 5.91 Å². The Balaban J connectivity index is 2.66. The Labute approximate surface area is 103 Å². The quantitative estimate of drug-likeness (QED) is 0.741. The molecule has 1 heterocycles. The van der Waals surface area contributed by atoms with Crippen LogP contribution in [0, 0.1) is 0 Å². The van der Waals surface area contributed by atoms with Gasteiger partial charge < -0.3 is 9.64 Å². The number of ether oxygens (including phenoxy) is 1. The highest BCUT2D eigenvalue weighted by molar-refractivity contribution is 7.90. The molecule has 1 aliphatic heterocycles. The summed E-state index contributed by atoms with van der Waals surface area (Å²) in [5, 5.41) is 0. The van der Waals surface area contributed by atoms with Gasteiger partial charge in [0.1, 0.15) is 9.84 Å². The third-order valence-corrected chi connectivity index (χ3v) is 3.82. The molecule has 0 saturated carbocycles. The number of sulfone groups is 1. The number of hydrogen-bond acceptors (Lipinski definition) is 4. The molecule has 1 amide bonds. The smallest absolute Gasteiger partial charge is 0.224 e. The Morgan fingerprint density at radius 1 is 1.47 bits per heavy atom. The summed E-state index contributed by atoms with van der Waals surface area (Å²) in [5.74, 6) is -0.205. The van der Waals surface area contributed by atoms with Gasteiger partial charge in [-0.3, -0.25) is 4.79 Å². The largest absolute Gasteiger partial charge is 0.374 e. The Morgan fingerprint density at radius 3 is 2.59 bits per heavy atom. The second-order valence-corrected chi connectivity index (χ2v) is 7.58. The molecule has 0 aliphatic carbocycles. The monoisotopic (exact) mass is 263 g/mol. The molecule has 1 fully saturated rings. The first kappa shape index (κ1) is 14.4. The fraction of sp³-hybridized carbons (Fsp3) is 0.909. The Morgan fingerprint density at radius 2 is 2.06 bits per heavy atom. The summed E-state index contributed by atoms with van der Waals surface area (Å²) < 4.78 is 27.6. The van der Waals surface area contributed by atoms with Gasteiger partial charge in [0.15, 0.2) is 0 Å². The molecule has 1 saturated heterocycles. The number of rotatable bonds is 3. The lowest BCUT2D eigenvalue weighted by Crippen LogP contribution is -2.58.